The van der Waals surface area contributed by atoms with E-state index in [4.69, 9.17) is 0 Å². The van der Waals surface area contributed by atoms with Crippen molar-refractivity contribution < 1.29 is 4.79 Å². The summed E-state index contributed by atoms with van der Waals surface area (Å²) in [7, 11) is 4.14. The second kappa shape index (κ2) is 5.22. The monoisotopic (exact) mass is 184 g/mol. The molecule has 1 saturated carbocycles. The molecule has 0 unspecified atom stereocenters. The molecule has 0 atom stereocenters. The lowest BCUT2D eigenvalue weighted by Crippen LogP contribution is -2.26. The van der Waals surface area contributed by atoms with Gasteiger partial charge in [-0.2, -0.15) is 0 Å². The molecule has 0 aliphatic heterocycles. The topological polar surface area (TPSA) is 32.3 Å². The highest BCUT2D eigenvalue weighted by Gasteiger charge is 2.28. The standard InChI is InChI=1S/C10H20N2O/c1-12(2)8-4-3-7-11-10(13)9-5-6-9/h9H,3-8H2,1-2H3,(H,11,13). The smallest absolute Gasteiger partial charge is 0.223 e. The fourth-order valence-electron chi connectivity index (χ4n) is 1.25. The molecular formula is C10H20N2O. The van der Waals surface area contributed by atoms with Crippen molar-refractivity contribution in [3.05, 3.63) is 0 Å². The fraction of sp³-hybridized carbons (Fsp3) is 0.900. The number of rotatable bonds is 6. The van der Waals surface area contributed by atoms with Crippen LogP contribution in [0, 0.1) is 5.92 Å². The average molecular weight is 184 g/mol. The summed E-state index contributed by atoms with van der Waals surface area (Å²) in [5, 5.41) is 2.96. The maximum absolute atomic E-state index is 11.2. The molecule has 0 bridgehead atoms. The zero-order valence-corrected chi connectivity index (χ0v) is 8.68. The van der Waals surface area contributed by atoms with Gasteiger partial charge in [-0.25, -0.2) is 0 Å². The third-order valence-corrected chi connectivity index (χ3v) is 2.28. The molecule has 1 aliphatic rings. The summed E-state index contributed by atoms with van der Waals surface area (Å²) in [4.78, 5) is 13.4. The van der Waals surface area contributed by atoms with Crippen molar-refractivity contribution in [1.29, 1.82) is 0 Å². The Labute approximate surface area is 80.5 Å². The SMILES string of the molecule is CN(C)CCCCNC(=O)C1CC1. The second-order valence-electron chi connectivity index (χ2n) is 4.08. The average Bonchev–Trinajstić information content (AvgIpc) is 2.85. The molecular weight excluding hydrogens is 164 g/mol. The summed E-state index contributed by atoms with van der Waals surface area (Å²) < 4.78 is 0. The van der Waals surface area contributed by atoms with E-state index in [9.17, 15) is 4.79 Å². The molecule has 0 saturated heterocycles. The molecule has 0 radical (unpaired) electrons. The Morgan fingerprint density at radius 3 is 2.62 bits per heavy atom. The third-order valence-electron chi connectivity index (χ3n) is 2.28. The Balaban J connectivity index is 1.86. The molecule has 1 N–H and O–H groups in total. The number of carbonyl (C=O) groups excluding carboxylic acids is 1. The highest BCUT2D eigenvalue weighted by molar-refractivity contribution is 5.80. The van der Waals surface area contributed by atoms with Crippen molar-refractivity contribution in [2.24, 2.45) is 5.92 Å². The highest BCUT2D eigenvalue weighted by atomic mass is 16.2. The van der Waals surface area contributed by atoms with Gasteiger partial charge in [-0.05, 0) is 46.3 Å². The van der Waals surface area contributed by atoms with Gasteiger partial charge in [0.05, 0.1) is 0 Å². The lowest BCUT2D eigenvalue weighted by Gasteiger charge is -2.09. The quantitative estimate of drug-likeness (QED) is 0.621. The first-order valence-corrected chi connectivity index (χ1v) is 5.12. The number of carbonyl (C=O) groups is 1. The summed E-state index contributed by atoms with van der Waals surface area (Å²) >= 11 is 0. The highest BCUT2D eigenvalue weighted by Crippen LogP contribution is 2.28. The van der Waals surface area contributed by atoms with Gasteiger partial charge in [-0.15, -0.1) is 0 Å². The van der Waals surface area contributed by atoms with Gasteiger partial charge < -0.3 is 10.2 Å². The minimum absolute atomic E-state index is 0.268. The van der Waals surface area contributed by atoms with Crippen LogP contribution in [0.4, 0.5) is 0 Å². The van der Waals surface area contributed by atoms with Crippen molar-refractivity contribution in [1.82, 2.24) is 10.2 Å². The van der Waals surface area contributed by atoms with Crippen LogP contribution in [0.1, 0.15) is 25.7 Å². The molecule has 76 valence electrons. The van der Waals surface area contributed by atoms with Gasteiger partial charge in [0.1, 0.15) is 0 Å². The first kappa shape index (κ1) is 10.5. The normalized spacial score (nSPS) is 16.2. The lowest BCUT2D eigenvalue weighted by molar-refractivity contribution is -0.122. The van der Waals surface area contributed by atoms with Gasteiger partial charge in [0, 0.05) is 12.5 Å². The molecule has 0 spiro atoms. The minimum Gasteiger partial charge on any atom is -0.356 e. The Kier molecular flexibility index (Phi) is 4.22. The van der Waals surface area contributed by atoms with E-state index in [0.717, 1.165) is 38.8 Å². The van der Waals surface area contributed by atoms with E-state index in [2.05, 4.69) is 24.3 Å². The second-order valence-corrected chi connectivity index (χ2v) is 4.08. The summed E-state index contributed by atoms with van der Waals surface area (Å²) in [5.41, 5.74) is 0. The Hall–Kier alpha value is -0.570. The summed E-state index contributed by atoms with van der Waals surface area (Å²) in [6.07, 6.45) is 4.46. The molecule has 0 aromatic rings. The fourth-order valence-corrected chi connectivity index (χ4v) is 1.25. The van der Waals surface area contributed by atoms with Crippen LogP contribution < -0.4 is 5.32 Å². The third kappa shape index (κ3) is 4.88. The van der Waals surface area contributed by atoms with Crippen LogP contribution in [0.2, 0.25) is 0 Å². The van der Waals surface area contributed by atoms with Crippen LogP contribution in [-0.4, -0.2) is 38.0 Å². The van der Waals surface area contributed by atoms with E-state index in [1.54, 1.807) is 0 Å². The molecule has 1 fully saturated rings. The molecule has 13 heavy (non-hydrogen) atoms. The van der Waals surface area contributed by atoms with Crippen molar-refractivity contribution in [3.8, 4) is 0 Å². The van der Waals surface area contributed by atoms with Gasteiger partial charge in [0.2, 0.25) is 5.91 Å². The molecule has 1 rings (SSSR count). The van der Waals surface area contributed by atoms with E-state index >= 15 is 0 Å². The van der Waals surface area contributed by atoms with Crippen LogP contribution in [-0.2, 0) is 4.79 Å². The Morgan fingerprint density at radius 2 is 2.08 bits per heavy atom. The summed E-state index contributed by atoms with van der Waals surface area (Å²) in [5.74, 6) is 0.624. The van der Waals surface area contributed by atoms with Crippen LogP contribution >= 0.6 is 0 Å². The van der Waals surface area contributed by atoms with Gasteiger partial charge in [0.25, 0.3) is 0 Å². The van der Waals surface area contributed by atoms with E-state index in [1.807, 2.05) is 0 Å². The van der Waals surface area contributed by atoms with Gasteiger partial charge in [-0.3, -0.25) is 4.79 Å². The van der Waals surface area contributed by atoms with Crippen LogP contribution in [0.3, 0.4) is 0 Å². The zero-order chi connectivity index (χ0) is 9.68. The molecule has 3 heteroatoms. The maximum Gasteiger partial charge on any atom is 0.223 e. The first-order valence-electron chi connectivity index (χ1n) is 5.12. The van der Waals surface area contributed by atoms with Gasteiger partial charge >= 0.3 is 0 Å². The van der Waals surface area contributed by atoms with Crippen LogP contribution in [0.25, 0.3) is 0 Å². The lowest BCUT2D eigenvalue weighted by atomic mass is 10.3. The van der Waals surface area contributed by atoms with E-state index < -0.39 is 0 Å². The van der Waals surface area contributed by atoms with Crippen molar-refractivity contribution >= 4 is 5.91 Å². The van der Waals surface area contributed by atoms with E-state index in [-0.39, 0.29) is 5.91 Å². The van der Waals surface area contributed by atoms with Crippen molar-refractivity contribution in [2.45, 2.75) is 25.7 Å². The van der Waals surface area contributed by atoms with Gasteiger partial charge in [-0.1, -0.05) is 0 Å². The summed E-state index contributed by atoms with van der Waals surface area (Å²) in [6, 6.07) is 0. The number of nitrogens with one attached hydrogen (secondary N) is 1. The van der Waals surface area contributed by atoms with Gasteiger partial charge in [0.15, 0.2) is 0 Å². The minimum atomic E-state index is 0.268. The molecule has 0 aromatic carbocycles. The van der Waals surface area contributed by atoms with Crippen molar-refractivity contribution in [2.75, 3.05) is 27.2 Å². The largest absolute Gasteiger partial charge is 0.356 e. The molecule has 1 amide bonds. The van der Waals surface area contributed by atoms with Crippen LogP contribution in [0.15, 0.2) is 0 Å². The number of unbranched alkanes of at least 4 members (excludes halogenated alkanes) is 1. The Bertz CT molecular complexity index is 164. The number of hydrogen-bond acceptors (Lipinski definition) is 2. The Morgan fingerprint density at radius 1 is 1.38 bits per heavy atom. The van der Waals surface area contributed by atoms with E-state index in [0.29, 0.717) is 5.92 Å². The van der Waals surface area contributed by atoms with E-state index in [1.165, 1.54) is 0 Å². The molecule has 0 heterocycles. The molecule has 3 nitrogen and oxygen atoms in total. The maximum atomic E-state index is 11.2. The summed E-state index contributed by atoms with van der Waals surface area (Å²) in [6.45, 7) is 1.96. The predicted molar refractivity (Wildman–Crippen MR) is 53.5 cm³/mol. The first-order chi connectivity index (χ1) is 6.20. The predicted octanol–water partition coefficient (Wildman–Crippen LogP) is 0.854. The number of hydrogen-bond donors (Lipinski definition) is 1. The number of nitrogens with zero attached hydrogens (tertiary/aromatic N) is 1. The zero-order valence-electron chi connectivity index (χ0n) is 8.68. The number of amides is 1. The van der Waals surface area contributed by atoms with Crippen LogP contribution in [0.5, 0.6) is 0 Å². The van der Waals surface area contributed by atoms with Crippen molar-refractivity contribution in [3.63, 3.8) is 0 Å². The molecule has 1 aliphatic carbocycles. The molecule has 0 aromatic heterocycles.